The number of aromatic nitrogens is 2. The third kappa shape index (κ3) is 2.47. The van der Waals surface area contributed by atoms with Gasteiger partial charge in [-0.2, -0.15) is 17.6 Å². The zero-order valence-electron chi connectivity index (χ0n) is 11.0. The minimum atomic E-state index is -3.62. The maximum atomic E-state index is 12.5. The van der Waals surface area contributed by atoms with E-state index in [0.717, 1.165) is 20.5 Å². The molecular weight excluding hydrogens is 328 g/mol. The SMILES string of the molecule is CCc1ccc(S(=O)(=O)n2nc(C)c(Br)c2C)cc1. The fourth-order valence-electron chi connectivity index (χ4n) is 1.83. The van der Waals surface area contributed by atoms with Gasteiger partial charge < -0.3 is 0 Å². The summed E-state index contributed by atoms with van der Waals surface area (Å²) in [6.45, 7) is 5.52. The van der Waals surface area contributed by atoms with Gasteiger partial charge >= 0.3 is 0 Å². The molecule has 0 spiro atoms. The molecule has 0 aliphatic heterocycles. The molecule has 6 heteroatoms. The van der Waals surface area contributed by atoms with Crippen LogP contribution < -0.4 is 0 Å². The van der Waals surface area contributed by atoms with Crippen molar-refractivity contribution in [3.63, 3.8) is 0 Å². The molecule has 0 aliphatic carbocycles. The highest BCUT2D eigenvalue weighted by molar-refractivity contribution is 9.10. The predicted molar refractivity (Wildman–Crippen MR) is 77.8 cm³/mol. The van der Waals surface area contributed by atoms with Crippen LogP contribution in [0.1, 0.15) is 23.9 Å². The van der Waals surface area contributed by atoms with Gasteiger partial charge in [0.05, 0.1) is 20.8 Å². The Labute approximate surface area is 121 Å². The minimum absolute atomic E-state index is 0.253. The van der Waals surface area contributed by atoms with Crippen molar-refractivity contribution in [1.82, 2.24) is 9.19 Å². The van der Waals surface area contributed by atoms with Crippen LogP contribution in [0.25, 0.3) is 0 Å². The fraction of sp³-hybridized carbons (Fsp3) is 0.308. The zero-order valence-corrected chi connectivity index (χ0v) is 13.4. The van der Waals surface area contributed by atoms with Crippen molar-refractivity contribution in [1.29, 1.82) is 0 Å². The van der Waals surface area contributed by atoms with Gasteiger partial charge in [-0.25, -0.2) is 0 Å². The lowest BCUT2D eigenvalue weighted by Gasteiger charge is -2.07. The molecule has 0 bridgehead atoms. The predicted octanol–water partition coefficient (Wildman–Crippen LogP) is 3.06. The molecule has 2 rings (SSSR count). The van der Waals surface area contributed by atoms with Gasteiger partial charge in [-0.05, 0) is 53.9 Å². The topological polar surface area (TPSA) is 52.0 Å². The van der Waals surface area contributed by atoms with Crippen LogP contribution in [0.2, 0.25) is 0 Å². The molecular formula is C13H15BrN2O2S. The molecule has 0 amide bonds. The Morgan fingerprint density at radius 3 is 2.21 bits per heavy atom. The summed E-state index contributed by atoms with van der Waals surface area (Å²) in [5, 5.41) is 4.08. The molecule has 0 aliphatic rings. The number of rotatable bonds is 3. The largest absolute Gasteiger partial charge is 0.283 e. The first-order valence-electron chi connectivity index (χ1n) is 5.94. The van der Waals surface area contributed by atoms with E-state index in [-0.39, 0.29) is 4.90 Å². The van der Waals surface area contributed by atoms with Crippen LogP contribution in [-0.4, -0.2) is 17.6 Å². The fourth-order valence-corrected chi connectivity index (χ4v) is 3.56. The Balaban J connectivity index is 2.55. The smallest absolute Gasteiger partial charge is 0.199 e. The van der Waals surface area contributed by atoms with Gasteiger partial charge in [0.25, 0.3) is 10.0 Å². The molecule has 0 N–H and O–H groups in total. The highest BCUT2D eigenvalue weighted by Gasteiger charge is 2.22. The van der Waals surface area contributed by atoms with Gasteiger partial charge in [-0.3, -0.25) is 0 Å². The van der Waals surface area contributed by atoms with E-state index in [4.69, 9.17) is 0 Å². The van der Waals surface area contributed by atoms with Gasteiger partial charge in [0.15, 0.2) is 0 Å². The maximum Gasteiger partial charge on any atom is 0.283 e. The summed E-state index contributed by atoms with van der Waals surface area (Å²) in [5.41, 5.74) is 2.34. The van der Waals surface area contributed by atoms with Crippen molar-refractivity contribution in [2.75, 3.05) is 0 Å². The van der Waals surface area contributed by atoms with E-state index in [9.17, 15) is 8.42 Å². The molecule has 0 unspecified atom stereocenters. The highest BCUT2D eigenvalue weighted by Crippen LogP contribution is 2.24. The van der Waals surface area contributed by atoms with Crippen molar-refractivity contribution >= 4 is 26.0 Å². The first-order chi connectivity index (χ1) is 8.87. The molecule has 0 saturated carbocycles. The van der Waals surface area contributed by atoms with Crippen LogP contribution in [-0.2, 0) is 16.4 Å². The Kier molecular flexibility index (Phi) is 3.82. The van der Waals surface area contributed by atoms with E-state index in [2.05, 4.69) is 21.0 Å². The van der Waals surface area contributed by atoms with Crippen LogP contribution >= 0.6 is 15.9 Å². The summed E-state index contributed by atoms with van der Waals surface area (Å²) >= 11 is 3.34. The van der Waals surface area contributed by atoms with E-state index in [1.165, 1.54) is 0 Å². The molecule has 102 valence electrons. The van der Waals surface area contributed by atoms with Crippen molar-refractivity contribution in [3.05, 3.63) is 45.7 Å². The van der Waals surface area contributed by atoms with Crippen molar-refractivity contribution in [2.24, 2.45) is 0 Å². The Bertz CT molecular complexity index is 703. The monoisotopic (exact) mass is 342 g/mol. The summed E-state index contributed by atoms with van der Waals surface area (Å²) in [6.07, 6.45) is 0.881. The van der Waals surface area contributed by atoms with Gasteiger partial charge in [0, 0.05) is 0 Å². The first-order valence-corrected chi connectivity index (χ1v) is 8.17. The maximum absolute atomic E-state index is 12.5. The number of hydrogen-bond acceptors (Lipinski definition) is 3. The van der Waals surface area contributed by atoms with E-state index in [1.54, 1.807) is 26.0 Å². The molecule has 0 saturated heterocycles. The minimum Gasteiger partial charge on any atom is -0.199 e. The van der Waals surface area contributed by atoms with Crippen molar-refractivity contribution in [2.45, 2.75) is 32.1 Å². The second-order valence-corrected chi connectivity index (χ2v) is 6.89. The molecule has 0 atom stereocenters. The summed E-state index contributed by atoms with van der Waals surface area (Å²) in [6, 6.07) is 6.90. The zero-order chi connectivity index (χ0) is 14.2. The lowest BCUT2D eigenvalue weighted by molar-refractivity contribution is 0.577. The second-order valence-electron chi connectivity index (χ2n) is 4.33. The second kappa shape index (κ2) is 5.09. The van der Waals surface area contributed by atoms with Crippen molar-refractivity contribution in [3.8, 4) is 0 Å². The number of aryl methyl sites for hydroxylation is 2. The molecule has 1 aromatic carbocycles. The summed E-state index contributed by atoms with van der Waals surface area (Å²) in [5.74, 6) is 0. The van der Waals surface area contributed by atoms with E-state index >= 15 is 0 Å². The van der Waals surface area contributed by atoms with E-state index in [0.29, 0.717) is 11.4 Å². The average molecular weight is 343 g/mol. The first kappa shape index (κ1) is 14.3. The van der Waals surface area contributed by atoms with Crippen LogP contribution in [0.4, 0.5) is 0 Å². The molecule has 0 fully saturated rings. The van der Waals surface area contributed by atoms with Crippen LogP contribution in [0.5, 0.6) is 0 Å². The van der Waals surface area contributed by atoms with Gasteiger partial charge in [0.1, 0.15) is 0 Å². The van der Waals surface area contributed by atoms with E-state index < -0.39 is 10.0 Å². The quantitative estimate of drug-likeness (QED) is 0.861. The molecule has 2 aromatic rings. The summed E-state index contributed by atoms with van der Waals surface area (Å²) in [4.78, 5) is 0.253. The van der Waals surface area contributed by atoms with E-state index in [1.807, 2.05) is 19.1 Å². The normalized spacial score (nSPS) is 11.8. The summed E-state index contributed by atoms with van der Waals surface area (Å²) in [7, 11) is -3.62. The van der Waals surface area contributed by atoms with Gasteiger partial charge in [-0.15, -0.1) is 0 Å². The number of benzene rings is 1. The van der Waals surface area contributed by atoms with Crippen LogP contribution in [0.15, 0.2) is 33.6 Å². The average Bonchev–Trinajstić information content (AvgIpc) is 2.67. The summed E-state index contributed by atoms with van der Waals surface area (Å²) < 4.78 is 26.8. The van der Waals surface area contributed by atoms with Gasteiger partial charge in [0.2, 0.25) is 0 Å². The Morgan fingerprint density at radius 2 is 1.79 bits per heavy atom. The third-order valence-corrected chi connectivity index (χ3v) is 5.85. The third-order valence-electron chi connectivity index (χ3n) is 3.02. The number of halogens is 1. The number of hydrogen-bond donors (Lipinski definition) is 0. The Morgan fingerprint density at radius 1 is 1.21 bits per heavy atom. The standard InChI is InChI=1S/C13H15BrN2O2S/c1-4-11-5-7-12(8-6-11)19(17,18)16-10(3)13(14)9(2)15-16/h5-8H,4H2,1-3H3. The lowest BCUT2D eigenvalue weighted by Crippen LogP contribution is -2.16. The highest BCUT2D eigenvalue weighted by atomic mass is 79.9. The lowest BCUT2D eigenvalue weighted by atomic mass is 10.2. The molecule has 4 nitrogen and oxygen atoms in total. The number of nitrogens with zero attached hydrogens (tertiary/aromatic N) is 2. The molecule has 1 heterocycles. The van der Waals surface area contributed by atoms with Crippen LogP contribution in [0.3, 0.4) is 0 Å². The van der Waals surface area contributed by atoms with Crippen molar-refractivity contribution < 1.29 is 8.42 Å². The molecule has 0 radical (unpaired) electrons. The van der Waals surface area contributed by atoms with Crippen LogP contribution in [0, 0.1) is 13.8 Å². The molecule has 1 aromatic heterocycles. The molecule has 19 heavy (non-hydrogen) atoms. The Hall–Kier alpha value is -1.14. The van der Waals surface area contributed by atoms with Gasteiger partial charge in [-0.1, -0.05) is 19.1 Å².